The molecule has 3 rings (SSSR count). The summed E-state index contributed by atoms with van der Waals surface area (Å²) in [6.07, 6.45) is 1.09. The molecule has 110 valence electrons. The number of anilines is 1. The molecule has 0 fully saturated rings. The van der Waals surface area contributed by atoms with Crippen molar-refractivity contribution in [3.05, 3.63) is 71.6 Å². The summed E-state index contributed by atoms with van der Waals surface area (Å²) in [5.74, 6) is -1.57. The Bertz CT molecular complexity index is 769. The van der Waals surface area contributed by atoms with Crippen LogP contribution in [0.15, 0.2) is 54.6 Å². The number of hydrogen-bond acceptors (Lipinski definition) is 3. The average Bonchev–Trinajstić information content (AvgIpc) is 2.82. The molecule has 2 aromatic rings. The van der Waals surface area contributed by atoms with Gasteiger partial charge in [-0.25, -0.2) is 9.18 Å². The number of benzene rings is 2. The standard InChI is InChI=1S/C17H12FNO3/c18-12-6-7-15-13(8-12)14(17(21)19-15)9-16(20)22-10-11-4-2-1-3-5-11/h1-9H,10H2,(H,19,21)/b14-9+. The molecule has 5 heteroatoms. The Morgan fingerprint density at radius 1 is 1.18 bits per heavy atom. The van der Waals surface area contributed by atoms with Crippen molar-refractivity contribution in [2.45, 2.75) is 6.61 Å². The molecule has 4 nitrogen and oxygen atoms in total. The molecule has 1 aliphatic rings. The maximum absolute atomic E-state index is 13.3. The Balaban J connectivity index is 1.76. The van der Waals surface area contributed by atoms with Crippen molar-refractivity contribution < 1.29 is 18.7 Å². The lowest BCUT2D eigenvalue weighted by Crippen LogP contribution is -2.07. The van der Waals surface area contributed by atoms with E-state index in [0.717, 1.165) is 11.6 Å². The Labute approximate surface area is 126 Å². The van der Waals surface area contributed by atoms with Gasteiger partial charge in [0, 0.05) is 17.3 Å². The number of halogens is 1. The summed E-state index contributed by atoms with van der Waals surface area (Å²) in [5, 5.41) is 2.57. The second kappa shape index (κ2) is 5.81. The first-order chi connectivity index (χ1) is 10.6. The van der Waals surface area contributed by atoms with Crippen LogP contribution in [0.5, 0.6) is 0 Å². The summed E-state index contributed by atoms with van der Waals surface area (Å²) in [7, 11) is 0. The molecule has 1 N–H and O–H groups in total. The van der Waals surface area contributed by atoms with E-state index >= 15 is 0 Å². The minimum absolute atomic E-state index is 0.104. The molecule has 0 atom stereocenters. The van der Waals surface area contributed by atoms with Gasteiger partial charge in [-0.05, 0) is 23.8 Å². The Hall–Kier alpha value is -2.95. The number of hydrogen-bond donors (Lipinski definition) is 1. The summed E-state index contributed by atoms with van der Waals surface area (Å²) in [4.78, 5) is 23.7. The lowest BCUT2D eigenvalue weighted by molar-refractivity contribution is -0.139. The van der Waals surface area contributed by atoms with Gasteiger partial charge in [0.15, 0.2) is 0 Å². The van der Waals surface area contributed by atoms with E-state index in [1.54, 1.807) is 0 Å². The van der Waals surface area contributed by atoms with E-state index in [9.17, 15) is 14.0 Å². The van der Waals surface area contributed by atoms with Crippen LogP contribution in [-0.4, -0.2) is 11.9 Å². The van der Waals surface area contributed by atoms with E-state index in [0.29, 0.717) is 11.3 Å². The highest BCUT2D eigenvalue weighted by molar-refractivity contribution is 6.33. The van der Waals surface area contributed by atoms with Crippen LogP contribution in [0.4, 0.5) is 10.1 Å². The quantitative estimate of drug-likeness (QED) is 0.700. The lowest BCUT2D eigenvalue weighted by Gasteiger charge is -2.02. The number of fused-ring (bicyclic) bond motifs is 1. The van der Waals surface area contributed by atoms with E-state index in [4.69, 9.17) is 4.74 Å². The minimum atomic E-state index is -0.647. The van der Waals surface area contributed by atoms with E-state index in [1.165, 1.54) is 18.2 Å². The summed E-state index contributed by atoms with van der Waals surface area (Å²) in [6.45, 7) is 0.112. The second-order valence-electron chi connectivity index (χ2n) is 4.80. The zero-order chi connectivity index (χ0) is 15.5. The van der Waals surface area contributed by atoms with Crippen LogP contribution < -0.4 is 5.32 Å². The molecule has 0 unspecified atom stereocenters. The van der Waals surface area contributed by atoms with Crippen LogP contribution in [0.3, 0.4) is 0 Å². The van der Waals surface area contributed by atoms with Gasteiger partial charge >= 0.3 is 5.97 Å². The topological polar surface area (TPSA) is 55.4 Å². The van der Waals surface area contributed by atoms with Crippen LogP contribution in [0, 0.1) is 5.82 Å². The minimum Gasteiger partial charge on any atom is -0.458 e. The van der Waals surface area contributed by atoms with E-state index in [-0.39, 0.29) is 12.2 Å². The highest BCUT2D eigenvalue weighted by atomic mass is 19.1. The van der Waals surface area contributed by atoms with Crippen molar-refractivity contribution in [2.75, 3.05) is 5.32 Å². The molecule has 1 heterocycles. The smallest absolute Gasteiger partial charge is 0.331 e. The van der Waals surface area contributed by atoms with Gasteiger partial charge < -0.3 is 10.1 Å². The number of carbonyl (C=O) groups excluding carboxylic acids is 2. The van der Waals surface area contributed by atoms with Crippen LogP contribution in [-0.2, 0) is 20.9 Å². The van der Waals surface area contributed by atoms with Crippen molar-refractivity contribution >= 4 is 23.1 Å². The fourth-order valence-electron chi connectivity index (χ4n) is 2.19. The Morgan fingerprint density at radius 2 is 1.95 bits per heavy atom. The molecule has 22 heavy (non-hydrogen) atoms. The maximum atomic E-state index is 13.3. The first-order valence-electron chi connectivity index (χ1n) is 6.67. The molecule has 0 aromatic heterocycles. The maximum Gasteiger partial charge on any atom is 0.331 e. The largest absolute Gasteiger partial charge is 0.458 e. The molecule has 0 spiro atoms. The van der Waals surface area contributed by atoms with Crippen LogP contribution in [0.1, 0.15) is 11.1 Å². The second-order valence-corrected chi connectivity index (χ2v) is 4.80. The Kier molecular flexibility index (Phi) is 3.70. The van der Waals surface area contributed by atoms with Crippen LogP contribution >= 0.6 is 0 Å². The molecule has 2 aromatic carbocycles. The zero-order valence-corrected chi connectivity index (χ0v) is 11.5. The Morgan fingerprint density at radius 3 is 2.73 bits per heavy atom. The van der Waals surface area contributed by atoms with Gasteiger partial charge in [-0.15, -0.1) is 0 Å². The number of esters is 1. The van der Waals surface area contributed by atoms with Gasteiger partial charge in [0.25, 0.3) is 5.91 Å². The average molecular weight is 297 g/mol. The molecule has 0 saturated heterocycles. The van der Waals surface area contributed by atoms with Crippen molar-refractivity contribution in [3.63, 3.8) is 0 Å². The highest BCUT2D eigenvalue weighted by Crippen LogP contribution is 2.32. The SMILES string of the molecule is O=C(/C=C1/C(=O)Nc2ccc(F)cc21)OCc1ccccc1. The van der Waals surface area contributed by atoms with E-state index < -0.39 is 17.7 Å². The molecular weight excluding hydrogens is 285 g/mol. The number of amides is 1. The van der Waals surface area contributed by atoms with Crippen molar-refractivity contribution in [3.8, 4) is 0 Å². The number of carbonyl (C=O) groups is 2. The molecule has 1 aliphatic heterocycles. The van der Waals surface area contributed by atoms with Gasteiger partial charge in [-0.1, -0.05) is 30.3 Å². The lowest BCUT2D eigenvalue weighted by atomic mass is 10.1. The third-order valence-corrected chi connectivity index (χ3v) is 3.25. The number of nitrogens with one attached hydrogen (secondary N) is 1. The predicted molar refractivity (Wildman–Crippen MR) is 79.2 cm³/mol. The fraction of sp³-hybridized carbons (Fsp3) is 0.0588. The first kappa shape index (κ1) is 14.0. The number of rotatable bonds is 3. The zero-order valence-electron chi connectivity index (χ0n) is 11.5. The van der Waals surface area contributed by atoms with E-state index in [1.807, 2.05) is 30.3 Å². The highest BCUT2D eigenvalue weighted by Gasteiger charge is 2.25. The molecule has 0 bridgehead atoms. The fourth-order valence-corrected chi connectivity index (χ4v) is 2.19. The van der Waals surface area contributed by atoms with Gasteiger partial charge in [0.05, 0.1) is 5.57 Å². The van der Waals surface area contributed by atoms with Gasteiger partial charge in [0.1, 0.15) is 12.4 Å². The molecule has 0 saturated carbocycles. The third-order valence-electron chi connectivity index (χ3n) is 3.25. The van der Waals surface area contributed by atoms with Gasteiger partial charge in [-0.3, -0.25) is 4.79 Å². The van der Waals surface area contributed by atoms with Gasteiger partial charge in [0.2, 0.25) is 0 Å². The van der Waals surface area contributed by atoms with Crippen molar-refractivity contribution in [1.29, 1.82) is 0 Å². The summed E-state index contributed by atoms with van der Waals surface area (Å²) in [5.41, 5.74) is 1.79. The van der Waals surface area contributed by atoms with Crippen molar-refractivity contribution in [2.24, 2.45) is 0 Å². The molecular formula is C17H12FNO3. The summed E-state index contributed by atoms with van der Waals surface area (Å²) in [6, 6.07) is 13.1. The first-order valence-corrected chi connectivity index (χ1v) is 6.67. The summed E-state index contributed by atoms with van der Waals surface area (Å²) < 4.78 is 18.4. The normalized spacial score (nSPS) is 14.6. The van der Waals surface area contributed by atoms with Crippen LogP contribution in [0.25, 0.3) is 5.57 Å². The third kappa shape index (κ3) is 2.88. The van der Waals surface area contributed by atoms with Gasteiger partial charge in [-0.2, -0.15) is 0 Å². The number of ether oxygens (including phenoxy) is 1. The van der Waals surface area contributed by atoms with Crippen molar-refractivity contribution in [1.82, 2.24) is 0 Å². The molecule has 1 amide bonds. The molecule has 0 radical (unpaired) electrons. The summed E-state index contributed by atoms with van der Waals surface area (Å²) >= 11 is 0. The monoisotopic (exact) mass is 297 g/mol. The van der Waals surface area contributed by atoms with E-state index in [2.05, 4.69) is 5.32 Å². The molecule has 0 aliphatic carbocycles. The predicted octanol–water partition coefficient (Wildman–Crippen LogP) is 2.90. The van der Waals surface area contributed by atoms with Crippen LogP contribution in [0.2, 0.25) is 0 Å².